The maximum Gasteiger partial charge on any atom is 0.223 e. The van der Waals surface area contributed by atoms with Gasteiger partial charge < -0.3 is 10.6 Å². The van der Waals surface area contributed by atoms with Gasteiger partial charge in [0.1, 0.15) is 0 Å². The van der Waals surface area contributed by atoms with E-state index in [4.69, 9.17) is 5.73 Å². The maximum absolute atomic E-state index is 11.9. The van der Waals surface area contributed by atoms with Gasteiger partial charge in [0, 0.05) is 18.5 Å². The van der Waals surface area contributed by atoms with Crippen molar-refractivity contribution in [3.63, 3.8) is 0 Å². The third kappa shape index (κ3) is 2.17. The summed E-state index contributed by atoms with van der Waals surface area (Å²) in [6.07, 6.45) is 3.79. The van der Waals surface area contributed by atoms with E-state index in [1.165, 1.54) is 0 Å². The summed E-state index contributed by atoms with van der Waals surface area (Å²) in [5.74, 6) is 0.678. The van der Waals surface area contributed by atoms with E-state index in [1.807, 2.05) is 0 Å². The lowest BCUT2D eigenvalue weighted by Gasteiger charge is -2.40. The van der Waals surface area contributed by atoms with Crippen LogP contribution in [0.1, 0.15) is 46.5 Å². The van der Waals surface area contributed by atoms with Crippen molar-refractivity contribution in [3.8, 4) is 0 Å². The Hall–Kier alpha value is -0.570. The first-order valence-electron chi connectivity index (χ1n) is 6.14. The Morgan fingerprint density at radius 1 is 1.33 bits per heavy atom. The Bertz CT molecular complexity index is 215. The number of nitrogens with two attached hydrogens (primary N) is 1. The normalized spacial score (nSPS) is 22.5. The van der Waals surface area contributed by atoms with Gasteiger partial charge in [-0.2, -0.15) is 0 Å². The summed E-state index contributed by atoms with van der Waals surface area (Å²) in [5, 5.41) is 0. The number of carbonyl (C=O) groups is 1. The van der Waals surface area contributed by atoms with E-state index in [1.54, 1.807) is 0 Å². The van der Waals surface area contributed by atoms with Gasteiger partial charge in [0.2, 0.25) is 5.91 Å². The minimum Gasteiger partial charge on any atom is -0.337 e. The number of likely N-dealkylation sites (tertiary alicyclic amines) is 1. The van der Waals surface area contributed by atoms with E-state index in [0.29, 0.717) is 24.8 Å². The second kappa shape index (κ2) is 4.97. The van der Waals surface area contributed by atoms with Crippen LogP contribution in [0.3, 0.4) is 0 Å². The second-order valence-electron chi connectivity index (χ2n) is 4.60. The Morgan fingerprint density at radius 2 is 1.87 bits per heavy atom. The SMILES string of the molecule is CCC(CC)(CC)N1CC(CN)CC1=O. The first-order chi connectivity index (χ1) is 7.13. The summed E-state index contributed by atoms with van der Waals surface area (Å²) in [6.45, 7) is 8.03. The summed E-state index contributed by atoms with van der Waals surface area (Å²) < 4.78 is 0. The Morgan fingerprint density at radius 3 is 2.20 bits per heavy atom. The Kier molecular flexibility index (Phi) is 4.14. The number of hydrogen-bond donors (Lipinski definition) is 1. The molecule has 3 heteroatoms. The van der Waals surface area contributed by atoms with E-state index in [-0.39, 0.29) is 5.54 Å². The molecule has 88 valence electrons. The molecular formula is C12H24N2O. The molecule has 0 saturated carbocycles. The lowest BCUT2D eigenvalue weighted by molar-refractivity contribution is -0.133. The molecule has 1 aliphatic rings. The van der Waals surface area contributed by atoms with Crippen LogP contribution >= 0.6 is 0 Å². The Labute approximate surface area is 93.0 Å². The number of hydrogen-bond acceptors (Lipinski definition) is 2. The third-order valence-electron chi connectivity index (χ3n) is 4.09. The summed E-state index contributed by atoms with van der Waals surface area (Å²) >= 11 is 0. The highest BCUT2D eigenvalue weighted by Crippen LogP contribution is 2.33. The molecule has 3 nitrogen and oxygen atoms in total. The quantitative estimate of drug-likeness (QED) is 0.755. The van der Waals surface area contributed by atoms with Crippen molar-refractivity contribution in [2.24, 2.45) is 11.7 Å². The van der Waals surface area contributed by atoms with Crippen LogP contribution in [0.2, 0.25) is 0 Å². The highest BCUT2D eigenvalue weighted by molar-refractivity contribution is 5.79. The molecule has 0 aromatic rings. The summed E-state index contributed by atoms with van der Waals surface area (Å²) in [7, 11) is 0. The first-order valence-corrected chi connectivity index (χ1v) is 6.14. The lowest BCUT2D eigenvalue weighted by atomic mass is 9.88. The van der Waals surface area contributed by atoms with Gasteiger partial charge >= 0.3 is 0 Å². The molecule has 1 saturated heterocycles. The highest BCUT2D eigenvalue weighted by Gasteiger charge is 2.40. The van der Waals surface area contributed by atoms with Gasteiger partial charge in [0.25, 0.3) is 0 Å². The van der Waals surface area contributed by atoms with Gasteiger partial charge in [0.15, 0.2) is 0 Å². The van der Waals surface area contributed by atoms with Crippen molar-refractivity contribution in [1.82, 2.24) is 4.90 Å². The van der Waals surface area contributed by atoms with Crippen LogP contribution in [0.4, 0.5) is 0 Å². The van der Waals surface area contributed by atoms with Crippen molar-refractivity contribution in [2.75, 3.05) is 13.1 Å². The van der Waals surface area contributed by atoms with E-state index in [9.17, 15) is 4.79 Å². The van der Waals surface area contributed by atoms with E-state index >= 15 is 0 Å². The molecule has 1 atom stereocenters. The van der Waals surface area contributed by atoms with Crippen LogP contribution in [0.15, 0.2) is 0 Å². The molecule has 15 heavy (non-hydrogen) atoms. The molecule has 0 aromatic heterocycles. The monoisotopic (exact) mass is 212 g/mol. The van der Waals surface area contributed by atoms with Crippen LogP contribution in [-0.4, -0.2) is 29.4 Å². The lowest BCUT2D eigenvalue weighted by Crippen LogP contribution is -2.48. The van der Waals surface area contributed by atoms with E-state index < -0.39 is 0 Å². The summed E-state index contributed by atoms with van der Waals surface area (Å²) in [4.78, 5) is 14.0. The minimum atomic E-state index is 0.0843. The minimum absolute atomic E-state index is 0.0843. The average Bonchev–Trinajstić information content (AvgIpc) is 2.64. The standard InChI is InChI=1S/C12H24N2O/c1-4-12(5-2,6-3)14-9-10(8-13)7-11(14)15/h10H,4-9,13H2,1-3H3. The third-order valence-corrected chi connectivity index (χ3v) is 4.09. The molecular weight excluding hydrogens is 188 g/mol. The zero-order valence-corrected chi connectivity index (χ0v) is 10.3. The summed E-state index contributed by atoms with van der Waals surface area (Å²) in [6, 6.07) is 0. The fourth-order valence-corrected chi connectivity index (χ4v) is 2.72. The predicted molar refractivity (Wildman–Crippen MR) is 62.5 cm³/mol. The van der Waals surface area contributed by atoms with Crippen LogP contribution in [0.25, 0.3) is 0 Å². The molecule has 1 amide bonds. The maximum atomic E-state index is 11.9. The second-order valence-corrected chi connectivity index (χ2v) is 4.60. The zero-order chi connectivity index (χ0) is 11.5. The van der Waals surface area contributed by atoms with E-state index in [0.717, 1.165) is 25.8 Å². The zero-order valence-electron chi connectivity index (χ0n) is 10.3. The Balaban J connectivity index is 2.81. The van der Waals surface area contributed by atoms with Gasteiger partial charge in [-0.15, -0.1) is 0 Å². The van der Waals surface area contributed by atoms with Crippen molar-refractivity contribution in [2.45, 2.75) is 52.0 Å². The molecule has 0 spiro atoms. The smallest absolute Gasteiger partial charge is 0.223 e. The molecule has 0 aromatic carbocycles. The van der Waals surface area contributed by atoms with Crippen LogP contribution in [-0.2, 0) is 4.79 Å². The molecule has 1 rings (SSSR count). The van der Waals surface area contributed by atoms with Gasteiger partial charge in [-0.05, 0) is 31.7 Å². The first kappa shape index (κ1) is 12.5. The number of carbonyl (C=O) groups excluding carboxylic acids is 1. The van der Waals surface area contributed by atoms with Crippen molar-refractivity contribution >= 4 is 5.91 Å². The predicted octanol–water partition coefficient (Wildman–Crippen LogP) is 1.76. The molecule has 0 aliphatic carbocycles. The number of nitrogens with zero attached hydrogens (tertiary/aromatic N) is 1. The molecule has 1 aliphatic heterocycles. The largest absolute Gasteiger partial charge is 0.337 e. The van der Waals surface area contributed by atoms with Gasteiger partial charge in [-0.3, -0.25) is 4.79 Å². The topological polar surface area (TPSA) is 46.3 Å². The fourth-order valence-electron chi connectivity index (χ4n) is 2.72. The van der Waals surface area contributed by atoms with Gasteiger partial charge in [-0.25, -0.2) is 0 Å². The molecule has 0 radical (unpaired) electrons. The molecule has 1 heterocycles. The van der Waals surface area contributed by atoms with Gasteiger partial charge in [0.05, 0.1) is 0 Å². The number of rotatable bonds is 5. The van der Waals surface area contributed by atoms with Crippen molar-refractivity contribution < 1.29 is 4.79 Å². The molecule has 2 N–H and O–H groups in total. The van der Waals surface area contributed by atoms with E-state index in [2.05, 4.69) is 25.7 Å². The average molecular weight is 212 g/mol. The molecule has 1 unspecified atom stereocenters. The fraction of sp³-hybridized carbons (Fsp3) is 0.917. The van der Waals surface area contributed by atoms with Crippen LogP contribution in [0.5, 0.6) is 0 Å². The number of amides is 1. The molecule has 0 bridgehead atoms. The van der Waals surface area contributed by atoms with Crippen molar-refractivity contribution in [3.05, 3.63) is 0 Å². The van der Waals surface area contributed by atoms with Crippen LogP contribution < -0.4 is 5.73 Å². The summed E-state index contributed by atoms with van der Waals surface area (Å²) in [5.41, 5.74) is 5.73. The van der Waals surface area contributed by atoms with Crippen molar-refractivity contribution in [1.29, 1.82) is 0 Å². The highest BCUT2D eigenvalue weighted by atomic mass is 16.2. The molecule has 1 fully saturated rings. The van der Waals surface area contributed by atoms with Gasteiger partial charge in [-0.1, -0.05) is 20.8 Å². The van der Waals surface area contributed by atoms with Crippen LogP contribution in [0, 0.1) is 5.92 Å².